The molecule has 0 saturated carbocycles. The number of carbonyl (C=O) groups is 2. The molecule has 33 heavy (non-hydrogen) atoms. The third-order valence-electron chi connectivity index (χ3n) is 5.72. The van der Waals surface area contributed by atoms with Crippen molar-refractivity contribution in [3.63, 3.8) is 0 Å². The highest BCUT2D eigenvalue weighted by Crippen LogP contribution is 2.32. The lowest BCUT2D eigenvalue weighted by Gasteiger charge is -2.36. The Morgan fingerprint density at radius 1 is 1.27 bits per heavy atom. The first-order chi connectivity index (χ1) is 15.8. The van der Waals surface area contributed by atoms with Gasteiger partial charge in [0, 0.05) is 57.2 Å². The first-order valence-electron chi connectivity index (χ1n) is 10.5. The highest BCUT2D eigenvalue weighted by molar-refractivity contribution is 9.10. The number of methoxy groups -OCH3 is 1. The maximum atomic E-state index is 13.3. The summed E-state index contributed by atoms with van der Waals surface area (Å²) in [6.45, 7) is 1.84. The summed E-state index contributed by atoms with van der Waals surface area (Å²) in [4.78, 5) is 35.1. The fraction of sp³-hybridized carbons (Fsp3) is 0.348. The summed E-state index contributed by atoms with van der Waals surface area (Å²) in [6, 6.07) is 7.43. The molecule has 10 heteroatoms. The van der Waals surface area contributed by atoms with Gasteiger partial charge in [0.1, 0.15) is 17.9 Å². The highest BCUT2D eigenvalue weighted by Gasteiger charge is 2.28. The van der Waals surface area contributed by atoms with Crippen molar-refractivity contribution < 1.29 is 14.3 Å². The standard InChI is InChI=1S/C23H25BrClN5O3/c1-27(2)20(31)14-29-13-18(25)21-15(7-8-26-22(21)29)12-28-9-4-10-30(23(28)32)16-5-6-19(33-3)17(24)11-16/h5-8,11,13H,4,9-10,12,14H2,1-3H3. The Morgan fingerprint density at radius 2 is 2.06 bits per heavy atom. The summed E-state index contributed by atoms with van der Waals surface area (Å²) >= 11 is 10.1. The van der Waals surface area contributed by atoms with Crippen molar-refractivity contribution in [3.8, 4) is 5.75 Å². The molecule has 4 rings (SSSR count). The quantitative estimate of drug-likeness (QED) is 0.471. The molecule has 0 N–H and O–H groups in total. The Morgan fingerprint density at radius 3 is 2.76 bits per heavy atom. The molecule has 1 fully saturated rings. The Kier molecular flexibility index (Phi) is 6.81. The molecule has 3 aromatic rings. The number of urea groups is 1. The summed E-state index contributed by atoms with van der Waals surface area (Å²) in [5.74, 6) is 0.661. The van der Waals surface area contributed by atoms with Crippen molar-refractivity contribution in [2.45, 2.75) is 19.5 Å². The number of nitrogens with zero attached hydrogens (tertiary/aromatic N) is 5. The van der Waals surface area contributed by atoms with Crippen LogP contribution in [0.2, 0.25) is 5.02 Å². The molecule has 0 bridgehead atoms. The number of likely N-dealkylation sites (N-methyl/N-ethyl adjacent to an activating group) is 1. The van der Waals surface area contributed by atoms with Crippen molar-refractivity contribution in [1.82, 2.24) is 19.4 Å². The smallest absolute Gasteiger partial charge is 0.324 e. The Hall–Kier alpha value is -2.78. The van der Waals surface area contributed by atoms with Crippen LogP contribution in [0.5, 0.6) is 5.75 Å². The number of carbonyl (C=O) groups excluding carboxylic acids is 2. The van der Waals surface area contributed by atoms with Gasteiger partial charge < -0.3 is 19.1 Å². The normalized spacial score (nSPS) is 14.2. The summed E-state index contributed by atoms with van der Waals surface area (Å²) in [6.07, 6.45) is 4.26. The van der Waals surface area contributed by atoms with Crippen molar-refractivity contribution in [3.05, 3.63) is 51.7 Å². The van der Waals surface area contributed by atoms with Crippen LogP contribution in [0.4, 0.5) is 10.5 Å². The van der Waals surface area contributed by atoms with Gasteiger partial charge >= 0.3 is 6.03 Å². The lowest BCUT2D eigenvalue weighted by molar-refractivity contribution is -0.129. The number of pyridine rings is 1. The number of ether oxygens (including phenoxy) is 1. The van der Waals surface area contributed by atoms with E-state index in [4.69, 9.17) is 16.3 Å². The van der Waals surface area contributed by atoms with Crippen LogP contribution >= 0.6 is 27.5 Å². The zero-order valence-corrected chi connectivity index (χ0v) is 21.1. The predicted molar refractivity (Wildman–Crippen MR) is 132 cm³/mol. The molecule has 1 saturated heterocycles. The second-order valence-electron chi connectivity index (χ2n) is 8.09. The van der Waals surface area contributed by atoms with Crippen LogP contribution in [0.3, 0.4) is 0 Å². The molecule has 3 amide bonds. The molecule has 1 aromatic carbocycles. The van der Waals surface area contributed by atoms with E-state index in [1.165, 1.54) is 4.90 Å². The van der Waals surface area contributed by atoms with Crippen molar-refractivity contribution >= 4 is 56.2 Å². The van der Waals surface area contributed by atoms with Crippen LogP contribution in [0.25, 0.3) is 11.0 Å². The number of aromatic nitrogens is 2. The average Bonchev–Trinajstić information content (AvgIpc) is 3.11. The van der Waals surface area contributed by atoms with Gasteiger partial charge in [-0.15, -0.1) is 0 Å². The van der Waals surface area contributed by atoms with E-state index in [1.54, 1.807) is 43.1 Å². The van der Waals surface area contributed by atoms with E-state index in [9.17, 15) is 9.59 Å². The maximum absolute atomic E-state index is 13.3. The largest absolute Gasteiger partial charge is 0.496 e. The molecule has 0 radical (unpaired) electrons. The first-order valence-corrected chi connectivity index (χ1v) is 11.7. The van der Waals surface area contributed by atoms with Gasteiger partial charge in [-0.05, 0) is 52.2 Å². The minimum Gasteiger partial charge on any atom is -0.496 e. The number of benzene rings is 1. The van der Waals surface area contributed by atoms with Gasteiger partial charge in [-0.2, -0.15) is 0 Å². The first kappa shape index (κ1) is 23.4. The molecule has 3 heterocycles. The van der Waals surface area contributed by atoms with E-state index >= 15 is 0 Å². The SMILES string of the molecule is COc1ccc(N2CCCN(Cc3ccnc4c3c(Cl)cn4CC(=O)N(C)C)C2=O)cc1Br. The van der Waals surface area contributed by atoms with Crippen molar-refractivity contribution in [1.29, 1.82) is 0 Å². The fourth-order valence-electron chi connectivity index (χ4n) is 3.97. The molecule has 0 unspecified atom stereocenters. The number of hydrogen-bond donors (Lipinski definition) is 0. The Labute approximate surface area is 205 Å². The zero-order valence-electron chi connectivity index (χ0n) is 18.7. The average molecular weight is 535 g/mol. The Bertz CT molecular complexity index is 1210. The summed E-state index contributed by atoms with van der Waals surface area (Å²) < 4.78 is 7.85. The number of fused-ring (bicyclic) bond motifs is 1. The molecule has 1 aliphatic rings. The van der Waals surface area contributed by atoms with Crippen molar-refractivity contribution in [2.24, 2.45) is 0 Å². The summed E-state index contributed by atoms with van der Waals surface area (Å²) in [7, 11) is 5.03. The third kappa shape index (κ3) is 4.65. The van der Waals surface area contributed by atoms with Gasteiger partial charge in [-0.3, -0.25) is 9.69 Å². The van der Waals surface area contributed by atoms with Gasteiger partial charge in [0.05, 0.1) is 16.6 Å². The lowest BCUT2D eigenvalue weighted by atomic mass is 10.1. The number of halogens is 2. The minimum atomic E-state index is -0.0679. The summed E-state index contributed by atoms with van der Waals surface area (Å²) in [5, 5.41) is 1.28. The number of rotatable bonds is 6. The molecule has 8 nitrogen and oxygen atoms in total. The lowest BCUT2D eigenvalue weighted by Crippen LogP contribution is -2.49. The van der Waals surface area contributed by atoms with E-state index in [0.29, 0.717) is 36.1 Å². The monoisotopic (exact) mass is 533 g/mol. The Balaban J connectivity index is 1.60. The van der Waals surface area contributed by atoms with Gasteiger partial charge in [0.2, 0.25) is 5.91 Å². The fourth-order valence-corrected chi connectivity index (χ4v) is 4.82. The van der Waals surface area contributed by atoms with Crippen molar-refractivity contribution in [2.75, 3.05) is 39.2 Å². The summed E-state index contributed by atoms with van der Waals surface area (Å²) in [5.41, 5.74) is 2.34. The zero-order chi connectivity index (χ0) is 23.7. The number of amides is 3. The second kappa shape index (κ2) is 9.61. The van der Waals surface area contributed by atoms with Crippen LogP contribution in [-0.2, 0) is 17.9 Å². The molecule has 1 aliphatic heterocycles. The van der Waals surface area contributed by atoms with E-state index in [1.807, 2.05) is 29.2 Å². The molecular weight excluding hydrogens is 510 g/mol. The predicted octanol–water partition coefficient (Wildman–Crippen LogP) is 4.38. The van der Waals surface area contributed by atoms with Crippen LogP contribution in [0.1, 0.15) is 12.0 Å². The van der Waals surface area contributed by atoms with Gasteiger partial charge in [0.25, 0.3) is 0 Å². The van der Waals surface area contributed by atoms with E-state index in [0.717, 1.165) is 27.5 Å². The van der Waals surface area contributed by atoms with Gasteiger partial charge in [0.15, 0.2) is 0 Å². The van der Waals surface area contributed by atoms with Gasteiger partial charge in [-0.1, -0.05) is 11.6 Å². The van der Waals surface area contributed by atoms with Gasteiger partial charge in [-0.25, -0.2) is 9.78 Å². The number of hydrogen-bond acceptors (Lipinski definition) is 4. The molecule has 174 valence electrons. The molecular formula is C23H25BrClN5O3. The number of anilines is 1. The van der Waals surface area contributed by atoms with E-state index in [-0.39, 0.29) is 18.5 Å². The van der Waals surface area contributed by atoms with Crippen LogP contribution in [0, 0.1) is 0 Å². The maximum Gasteiger partial charge on any atom is 0.324 e. The molecule has 0 spiro atoms. The van der Waals surface area contributed by atoms with Crippen LogP contribution in [-0.4, -0.2) is 65.6 Å². The molecule has 2 aromatic heterocycles. The second-order valence-corrected chi connectivity index (χ2v) is 9.35. The minimum absolute atomic E-state index is 0.0525. The van der Waals surface area contributed by atoms with E-state index < -0.39 is 0 Å². The topological polar surface area (TPSA) is 70.9 Å². The molecule has 0 atom stereocenters. The van der Waals surface area contributed by atoms with Crippen LogP contribution in [0.15, 0.2) is 41.1 Å². The third-order valence-corrected chi connectivity index (χ3v) is 6.63. The van der Waals surface area contributed by atoms with Crippen LogP contribution < -0.4 is 9.64 Å². The molecule has 0 aliphatic carbocycles. The highest BCUT2D eigenvalue weighted by atomic mass is 79.9. The van der Waals surface area contributed by atoms with E-state index in [2.05, 4.69) is 20.9 Å².